The Labute approximate surface area is 104 Å². The molecule has 0 saturated heterocycles. The molecule has 0 saturated carbocycles. The van der Waals surface area contributed by atoms with Gasteiger partial charge in [-0.1, -0.05) is 22.9 Å². The Morgan fingerprint density at radius 1 is 1.06 bits per heavy atom. The van der Waals surface area contributed by atoms with Gasteiger partial charge in [0.2, 0.25) is 11.8 Å². The van der Waals surface area contributed by atoms with Gasteiger partial charge in [-0.15, -0.1) is 0 Å². The van der Waals surface area contributed by atoms with Gasteiger partial charge in [0.1, 0.15) is 4.90 Å². The Bertz CT molecular complexity index is 655. The summed E-state index contributed by atoms with van der Waals surface area (Å²) in [4.78, 5) is -0.0301. The van der Waals surface area contributed by atoms with E-state index in [1.54, 1.807) is 25.1 Å². The molecule has 96 valence electrons. The highest BCUT2D eigenvalue weighted by Gasteiger charge is 2.21. The van der Waals surface area contributed by atoms with Crippen LogP contribution in [0.2, 0.25) is 0 Å². The quantitative estimate of drug-likeness (QED) is 0.868. The third kappa shape index (κ3) is 2.12. The van der Waals surface area contributed by atoms with Crippen molar-refractivity contribution in [3.63, 3.8) is 0 Å². The van der Waals surface area contributed by atoms with Crippen LogP contribution in [0.15, 0.2) is 41.3 Å². The van der Waals surface area contributed by atoms with Crippen LogP contribution in [0.5, 0.6) is 11.8 Å². The Morgan fingerprint density at radius 2 is 1.61 bits per heavy atom. The van der Waals surface area contributed by atoms with Crippen LogP contribution in [0.3, 0.4) is 0 Å². The number of aryl methyl sites for hydroxylation is 1. The van der Waals surface area contributed by atoms with Crippen LogP contribution in [0.1, 0.15) is 5.56 Å². The van der Waals surface area contributed by atoms with E-state index in [0.29, 0.717) is 10.3 Å². The molecule has 2 aromatic rings. The summed E-state index contributed by atoms with van der Waals surface area (Å²) in [7, 11) is -4.12. The maximum atomic E-state index is 12.0. The van der Waals surface area contributed by atoms with E-state index in [1.807, 2.05) is 0 Å². The van der Waals surface area contributed by atoms with Gasteiger partial charge >= 0.3 is 10.1 Å². The lowest BCUT2D eigenvalue weighted by atomic mass is 10.2. The molecule has 1 aromatic heterocycles. The highest BCUT2D eigenvalue weighted by atomic mass is 32.2. The number of benzene rings is 1. The number of nitrogens with zero attached hydrogens (tertiary/aromatic N) is 1. The molecule has 0 aliphatic carbocycles. The van der Waals surface area contributed by atoms with Crippen LogP contribution in [-0.2, 0) is 10.1 Å². The molecule has 0 unspecified atom stereocenters. The zero-order valence-corrected chi connectivity index (χ0v) is 10.3. The van der Waals surface area contributed by atoms with Crippen molar-refractivity contribution in [2.45, 2.75) is 11.8 Å². The standard InChI is InChI=1S/C11H11NO5S/c1-8-4-2-3-5-9(8)18(15,16)17-12-10(13)6-7-11(12)14/h2-7,13-14H,1H3. The van der Waals surface area contributed by atoms with Gasteiger partial charge in [0.05, 0.1) is 0 Å². The van der Waals surface area contributed by atoms with Gasteiger partial charge < -0.3 is 10.2 Å². The largest absolute Gasteiger partial charge is 0.492 e. The summed E-state index contributed by atoms with van der Waals surface area (Å²) in [6.45, 7) is 1.62. The van der Waals surface area contributed by atoms with Crippen molar-refractivity contribution >= 4 is 10.1 Å². The summed E-state index contributed by atoms with van der Waals surface area (Å²) in [6.07, 6.45) is 0. The smallest absolute Gasteiger partial charge is 0.357 e. The molecule has 2 N–H and O–H groups in total. The molecule has 0 radical (unpaired) electrons. The van der Waals surface area contributed by atoms with Crippen LogP contribution in [0.4, 0.5) is 0 Å². The third-order valence-electron chi connectivity index (χ3n) is 2.33. The van der Waals surface area contributed by atoms with Crippen LogP contribution < -0.4 is 4.28 Å². The minimum Gasteiger partial charge on any atom is -0.492 e. The topological polar surface area (TPSA) is 88.8 Å². The zero-order chi connectivity index (χ0) is 13.3. The van der Waals surface area contributed by atoms with E-state index in [2.05, 4.69) is 4.28 Å². The summed E-state index contributed by atoms with van der Waals surface area (Å²) in [6, 6.07) is 8.47. The van der Waals surface area contributed by atoms with Crippen molar-refractivity contribution in [3.8, 4) is 11.8 Å². The number of aromatic nitrogens is 1. The van der Waals surface area contributed by atoms with E-state index in [0.717, 1.165) is 12.1 Å². The van der Waals surface area contributed by atoms with Gasteiger partial charge in [-0.3, -0.25) is 4.28 Å². The van der Waals surface area contributed by atoms with E-state index >= 15 is 0 Å². The molecule has 1 aromatic carbocycles. The fraction of sp³-hybridized carbons (Fsp3) is 0.0909. The molecule has 0 aliphatic heterocycles. The van der Waals surface area contributed by atoms with E-state index in [4.69, 9.17) is 0 Å². The number of rotatable bonds is 3. The van der Waals surface area contributed by atoms with Crippen LogP contribution in [0.25, 0.3) is 0 Å². The van der Waals surface area contributed by atoms with Crippen molar-refractivity contribution in [1.29, 1.82) is 0 Å². The predicted octanol–water partition coefficient (Wildman–Crippen LogP) is 1.03. The first-order valence-corrected chi connectivity index (χ1v) is 6.43. The van der Waals surface area contributed by atoms with Crippen molar-refractivity contribution in [1.82, 2.24) is 4.73 Å². The third-order valence-corrected chi connectivity index (χ3v) is 3.68. The summed E-state index contributed by atoms with van der Waals surface area (Å²) in [5, 5.41) is 18.6. The lowest BCUT2D eigenvalue weighted by Crippen LogP contribution is -2.20. The SMILES string of the molecule is Cc1ccccc1S(=O)(=O)On1c(O)ccc1O. The highest BCUT2D eigenvalue weighted by molar-refractivity contribution is 7.87. The van der Waals surface area contributed by atoms with E-state index in [-0.39, 0.29) is 4.90 Å². The van der Waals surface area contributed by atoms with E-state index in [1.165, 1.54) is 6.07 Å². The molecule has 18 heavy (non-hydrogen) atoms. The van der Waals surface area contributed by atoms with Crippen LogP contribution in [0, 0.1) is 6.92 Å². The maximum Gasteiger partial charge on any atom is 0.357 e. The second kappa shape index (κ2) is 4.26. The van der Waals surface area contributed by atoms with E-state index < -0.39 is 21.9 Å². The van der Waals surface area contributed by atoms with E-state index in [9.17, 15) is 18.6 Å². The Hall–Kier alpha value is -2.15. The molecule has 0 fully saturated rings. The van der Waals surface area contributed by atoms with Gasteiger partial charge in [-0.25, -0.2) is 0 Å². The summed E-state index contributed by atoms with van der Waals surface area (Å²) in [5.74, 6) is -1.02. The monoisotopic (exact) mass is 269 g/mol. The zero-order valence-electron chi connectivity index (χ0n) is 9.44. The fourth-order valence-corrected chi connectivity index (χ4v) is 2.59. The molecule has 0 aliphatic rings. The molecule has 0 spiro atoms. The molecule has 0 amide bonds. The summed E-state index contributed by atoms with van der Waals surface area (Å²) in [5.41, 5.74) is 0.503. The lowest BCUT2D eigenvalue weighted by Gasteiger charge is -2.10. The average molecular weight is 269 g/mol. The molecular weight excluding hydrogens is 258 g/mol. The van der Waals surface area contributed by atoms with Gasteiger partial charge in [-0.05, 0) is 18.6 Å². The van der Waals surface area contributed by atoms with Crippen LogP contribution >= 0.6 is 0 Å². The molecular formula is C11H11NO5S. The Balaban J connectivity index is 2.43. The molecule has 0 atom stereocenters. The number of aromatic hydroxyl groups is 2. The fourth-order valence-electron chi connectivity index (χ4n) is 1.45. The molecule has 0 bridgehead atoms. The first kappa shape index (κ1) is 12.3. The number of hydrogen-bond acceptors (Lipinski definition) is 5. The average Bonchev–Trinajstić information content (AvgIpc) is 2.61. The van der Waals surface area contributed by atoms with Crippen LogP contribution in [-0.4, -0.2) is 23.4 Å². The normalized spacial score (nSPS) is 11.4. The summed E-state index contributed by atoms with van der Waals surface area (Å²) < 4.78 is 29.0. The van der Waals surface area contributed by atoms with Gasteiger partial charge in [-0.2, -0.15) is 8.42 Å². The summed E-state index contributed by atoms with van der Waals surface area (Å²) >= 11 is 0. The first-order chi connectivity index (χ1) is 8.42. The minimum absolute atomic E-state index is 0.0301. The molecule has 1 heterocycles. The second-order valence-electron chi connectivity index (χ2n) is 3.64. The predicted molar refractivity (Wildman–Crippen MR) is 62.7 cm³/mol. The van der Waals surface area contributed by atoms with Crippen molar-refractivity contribution in [3.05, 3.63) is 42.0 Å². The van der Waals surface area contributed by atoms with Gasteiger partial charge in [0, 0.05) is 12.1 Å². The Kier molecular flexibility index (Phi) is 2.92. The molecule has 2 rings (SSSR count). The maximum absolute atomic E-state index is 12.0. The first-order valence-electron chi connectivity index (χ1n) is 5.02. The van der Waals surface area contributed by atoms with Crippen molar-refractivity contribution in [2.75, 3.05) is 0 Å². The lowest BCUT2D eigenvalue weighted by molar-refractivity contribution is 0.203. The van der Waals surface area contributed by atoms with Gasteiger partial charge in [0.25, 0.3) is 0 Å². The highest BCUT2D eigenvalue weighted by Crippen LogP contribution is 2.22. The number of hydrogen-bond donors (Lipinski definition) is 2. The molecule has 6 nitrogen and oxygen atoms in total. The Morgan fingerprint density at radius 3 is 2.17 bits per heavy atom. The second-order valence-corrected chi connectivity index (χ2v) is 5.14. The van der Waals surface area contributed by atoms with Crippen molar-refractivity contribution < 1.29 is 22.9 Å². The minimum atomic E-state index is -4.12. The van der Waals surface area contributed by atoms with Crippen molar-refractivity contribution in [2.24, 2.45) is 0 Å². The van der Waals surface area contributed by atoms with Gasteiger partial charge in [0.15, 0.2) is 0 Å². The molecule has 7 heteroatoms.